The van der Waals surface area contributed by atoms with E-state index in [0.717, 1.165) is 43.2 Å². The van der Waals surface area contributed by atoms with Gasteiger partial charge in [-0.25, -0.2) is 18.2 Å². The highest BCUT2D eigenvalue weighted by atomic mass is 35.5. The summed E-state index contributed by atoms with van der Waals surface area (Å²) in [5.41, 5.74) is 2.31. The van der Waals surface area contributed by atoms with E-state index in [1.807, 2.05) is 6.08 Å². The van der Waals surface area contributed by atoms with Crippen molar-refractivity contribution in [1.29, 1.82) is 0 Å². The van der Waals surface area contributed by atoms with Gasteiger partial charge in [0.1, 0.15) is 11.0 Å². The van der Waals surface area contributed by atoms with Crippen molar-refractivity contribution in [2.45, 2.75) is 18.3 Å². The molecule has 1 amide bonds. The Hall–Kier alpha value is -3.16. The Balaban J connectivity index is 1.31. The van der Waals surface area contributed by atoms with E-state index >= 15 is 0 Å². The Labute approximate surface area is 206 Å². The van der Waals surface area contributed by atoms with E-state index in [4.69, 9.17) is 11.6 Å². The number of carbonyl (C=O) groups excluding carboxylic acids is 1. The maximum absolute atomic E-state index is 14.3. The molecule has 0 saturated carbocycles. The summed E-state index contributed by atoms with van der Waals surface area (Å²) in [6.07, 6.45) is 6.73. The van der Waals surface area contributed by atoms with Crippen molar-refractivity contribution in [3.05, 3.63) is 100 Å². The molecule has 0 bridgehead atoms. The van der Waals surface area contributed by atoms with Crippen molar-refractivity contribution in [2.24, 2.45) is 0 Å². The highest BCUT2D eigenvalue weighted by Crippen LogP contribution is 2.47. The zero-order valence-corrected chi connectivity index (χ0v) is 19.6. The van der Waals surface area contributed by atoms with Gasteiger partial charge in [-0.1, -0.05) is 29.8 Å². The number of amides is 1. The molecule has 35 heavy (non-hydrogen) atoms. The molecular weight excluding hydrogens is 475 g/mol. The number of carbonyl (C=O) groups is 1. The number of nitrogens with zero attached hydrogens (tertiary/aromatic N) is 3. The van der Waals surface area contributed by atoms with Crippen LogP contribution in [0.25, 0.3) is 6.08 Å². The average molecular weight is 498 g/mol. The van der Waals surface area contributed by atoms with Gasteiger partial charge < -0.3 is 4.90 Å². The van der Waals surface area contributed by atoms with Gasteiger partial charge in [-0.05, 0) is 79.5 Å². The van der Waals surface area contributed by atoms with Gasteiger partial charge in [0.05, 0.1) is 0 Å². The van der Waals surface area contributed by atoms with Gasteiger partial charge in [-0.15, -0.1) is 0 Å². The molecule has 0 radical (unpaired) electrons. The van der Waals surface area contributed by atoms with Gasteiger partial charge in [-0.3, -0.25) is 9.69 Å². The lowest BCUT2D eigenvalue weighted by Crippen LogP contribution is -2.46. The quantitative estimate of drug-likeness (QED) is 0.424. The zero-order valence-electron chi connectivity index (χ0n) is 18.9. The molecule has 180 valence electrons. The van der Waals surface area contributed by atoms with Crippen LogP contribution >= 0.6 is 11.6 Å². The minimum atomic E-state index is -0.868. The third kappa shape index (κ3) is 4.70. The number of rotatable bonds is 4. The number of fused-ring (bicyclic) bond motifs is 2. The van der Waals surface area contributed by atoms with Gasteiger partial charge >= 0.3 is 0 Å². The third-order valence-electron chi connectivity index (χ3n) is 6.93. The lowest BCUT2D eigenvalue weighted by atomic mass is 9.74. The fourth-order valence-electron chi connectivity index (χ4n) is 5.06. The lowest BCUT2D eigenvalue weighted by molar-refractivity contribution is 0.0977. The third-order valence-corrected chi connectivity index (χ3v) is 7.14. The van der Waals surface area contributed by atoms with Crippen LogP contribution in [0.15, 0.2) is 60.8 Å². The molecule has 0 unspecified atom stereocenters. The van der Waals surface area contributed by atoms with Crippen LogP contribution in [0.5, 0.6) is 0 Å². The minimum absolute atomic E-state index is 0.184. The smallest absolute Gasteiger partial charge is 0.258 e. The molecule has 0 N–H and O–H groups in total. The highest BCUT2D eigenvalue weighted by Gasteiger charge is 2.46. The summed E-state index contributed by atoms with van der Waals surface area (Å²) in [5.74, 6) is -2.24. The van der Waals surface area contributed by atoms with Crippen molar-refractivity contribution < 1.29 is 18.0 Å². The molecule has 0 aliphatic carbocycles. The standard InChI is InChI=1S/C27H23ClF3N3O/c28-25-15-19(7-10-32-25)26(35)34-17-27(21-16-20(29)4-6-24(21)34)8-12-33(13-9-27)11-1-2-18-3-5-22(30)23(31)14-18/h1-7,10,14-16H,8-9,11-13,17H2. The number of halogens is 4. The molecule has 1 aromatic heterocycles. The van der Waals surface area contributed by atoms with Crippen LogP contribution in [-0.4, -0.2) is 42.0 Å². The van der Waals surface area contributed by atoms with Crippen LogP contribution in [0.4, 0.5) is 18.9 Å². The van der Waals surface area contributed by atoms with E-state index in [1.54, 1.807) is 35.2 Å². The molecule has 2 aliphatic heterocycles. The van der Waals surface area contributed by atoms with E-state index in [2.05, 4.69) is 9.88 Å². The summed E-state index contributed by atoms with van der Waals surface area (Å²) in [6.45, 7) is 2.66. The summed E-state index contributed by atoms with van der Waals surface area (Å²) in [4.78, 5) is 21.3. The van der Waals surface area contributed by atoms with Crippen molar-refractivity contribution in [1.82, 2.24) is 9.88 Å². The van der Waals surface area contributed by atoms with Crippen LogP contribution in [0.3, 0.4) is 0 Å². The normalized spacial score (nSPS) is 17.3. The largest absolute Gasteiger partial charge is 0.307 e. The lowest BCUT2D eigenvalue weighted by Gasteiger charge is -2.39. The molecular formula is C27H23ClF3N3O. The maximum Gasteiger partial charge on any atom is 0.258 e. The Morgan fingerprint density at radius 2 is 1.83 bits per heavy atom. The molecule has 3 aromatic rings. The monoisotopic (exact) mass is 497 g/mol. The molecule has 1 fully saturated rings. The molecule has 3 heterocycles. The second kappa shape index (κ2) is 9.47. The van der Waals surface area contributed by atoms with Crippen molar-refractivity contribution in [3.8, 4) is 0 Å². The Morgan fingerprint density at radius 1 is 1.03 bits per heavy atom. The Morgan fingerprint density at radius 3 is 2.57 bits per heavy atom. The van der Waals surface area contributed by atoms with Gasteiger partial charge in [0.15, 0.2) is 11.6 Å². The predicted molar refractivity (Wildman–Crippen MR) is 130 cm³/mol. The SMILES string of the molecule is O=C(c1ccnc(Cl)c1)N1CC2(CCN(CC=Cc3ccc(F)c(F)c3)CC2)c2cc(F)ccc21. The first-order chi connectivity index (χ1) is 16.8. The van der Waals surface area contributed by atoms with E-state index < -0.39 is 11.6 Å². The van der Waals surface area contributed by atoms with Crippen molar-refractivity contribution in [3.63, 3.8) is 0 Å². The average Bonchev–Trinajstić information content (AvgIpc) is 3.15. The molecule has 8 heteroatoms. The summed E-state index contributed by atoms with van der Waals surface area (Å²) in [6, 6.07) is 11.6. The maximum atomic E-state index is 14.3. The summed E-state index contributed by atoms with van der Waals surface area (Å²) >= 11 is 5.99. The molecule has 2 aliphatic rings. The van der Waals surface area contributed by atoms with Crippen LogP contribution in [0.1, 0.15) is 34.3 Å². The van der Waals surface area contributed by atoms with Crippen LogP contribution in [0, 0.1) is 17.5 Å². The van der Waals surface area contributed by atoms with Crippen LogP contribution in [-0.2, 0) is 5.41 Å². The fourth-order valence-corrected chi connectivity index (χ4v) is 5.23. The number of likely N-dealkylation sites (tertiary alicyclic amines) is 1. The van der Waals surface area contributed by atoms with Gasteiger partial charge in [0.25, 0.3) is 5.91 Å². The molecule has 1 spiro atoms. The van der Waals surface area contributed by atoms with Crippen LogP contribution < -0.4 is 4.90 Å². The minimum Gasteiger partial charge on any atom is -0.307 e. The Bertz CT molecular complexity index is 1300. The second-order valence-corrected chi connectivity index (χ2v) is 9.46. The first-order valence-corrected chi connectivity index (χ1v) is 11.8. The van der Waals surface area contributed by atoms with E-state index in [-0.39, 0.29) is 22.3 Å². The first kappa shape index (κ1) is 23.6. The zero-order chi connectivity index (χ0) is 24.6. The molecule has 1 saturated heterocycles. The molecule has 2 aromatic carbocycles. The van der Waals surface area contributed by atoms with Gasteiger partial charge in [0.2, 0.25) is 0 Å². The number of hydrogen-bond acceptors (Lipinski definition) is 3. The van der Waals surface area contributed by atoms with Gasteiger partial charge in [0, 0.05) is 36.0 Å². The van der Waals surface area contributed by atoms with E-state index in [9.17, 15) is 18.0 Å². The number of aromatic nitrogens is 1. The number of hydrogen-bond donors (Lipinski definition) is 0. The second-order valence-electron chi connectivity index (χ2n) is 9.08. The topological polar surface area (TPSA) is 36.4 Å². The molecule has 0 atom stereocenters. The van der Waals surface area contributed by atoms with Crippen LogP contribution in [0.2, 0.25) is 5.15 Å². The van der Waals surface area contributed by atoms with Gasteiger partial charge in [-0.2, -0.15) is 0 Å². The van der Waals surface area contributed by atoms with E-state index in [1.165, 1.54) is 24.4 Å². The summed E-state index contributed by atoms with van der Waals surface area (Å²) < 4.78 is 40.8. The highest BCUT2D eigenvalue weighted by molar-refractivity contribution is 6.29. The fraction of sp³-hybridized carbons (Fsp3) is 0.259. The number of pyridine rings is 1. The summed E-state index contributed by atoms with van der Waals surface area (Å²) in [7, 11) is 0. The first-order valence-electron chi connectivity index (χ1n) is 11.4. The molecule has 5 rings (SSSR count). The van der Waals surface area contributed by atoms with Crippen molar-refractivity contribution >= 4 is 29.3 Å². The Kier molecular flexibility index (Phi) is 6.38. The number of benzene rings is 2. The molecule has 4 nitrogen and oxygen atoms in total. The predicted octanol–water partition coefficient (Wildman–Crippen LogP) is 5.86. The summed E-state index contributed by atoms with van der Waals surface area (Å²) in [5, 5.41) is 0.244. The number of piperidine rings is 1. The van der Waals surface area contributed by atoms with E-state index in [0.29, 0.717) is 24.2 Å². The van der Waals surface area contributed by atoms with Crippen molar-refractivity contribution in [2.75, 3.05) is 31.1 Å². The number of anilines is 1.